The normalized spacial score (nSPS) is 12.2. The lowest BCUT2D eigenvalue weighted by atomic mass is 10.2. The molecule has 0 aliphatic heterocycles. The zero-order valence-electron chi connectivity index (χ0n) is 9.87. The number of ether oxygens (including phenoxy) is 1. The molecule has 0 spiro atoms. The minimum Gasteiger partial charge on any atom is -0.467 e. The van der Waals surface area contributed by atoms with Gasteiger partial charge in [-0.25, -0.2) is 4.79 Å². The first kappa shape index (κ1) is 12.5. The summed E-state index contributed by atoms with van der Waals surface area (Å²) in [5.41, 5.74) is 0.780. The Morgan fingerprint density at radius 3 is 2.67 bits per heavy atom. The van der Waals surface area contributed by atoms with Gasteiger partial charge < -0.3 is 4.74 Å². The highest BCUT2D eigenvalue weighted by Gasteiger charge is 2.18. The molecule has 0 unspecified atom stereocenters. The molecule has 2 rings (SSSR count). The minimum absolute atomic E-state index is 0.421. The Labute approximate surface area is 109 Å². The van der Waals surface area contributed by atoms with Crippen LogP contribution in [0.3, 0.4) is 0 Å². The number of hydrogen-bond donors (Lipinski definition) is 0. The number of benzene rings is 1. The average Bonchev–Trinajstić information content (AvgIpc) is 2.87. The second kappa shape index (κ2) is 5.14. The van der Waals surface area contributed by atoms with E-state index >= 15 is 0 Å². The predicted molar refractivity (Wildman–Crippen MR) is 65.0 cm³/mol. The van der Waals surface area contributed by atoms with E-state index in [2.05, 4.69) is 20.1 Å². The molecule has 1 atom stereocenters. The van der Waals surface area contributed by atoms with Crippen molar-refractivity contribution in [1.29, 1.82) is 0 Å². The van der Waals surface area contributed by atoms with Crippen LogP contribution in [0.1, 0.15) is 13.0 Å². The Morgan fingerprint density at radius 1 is 1.39 bits per heavy atom. The van der Waals surface area contributed by atoms with Crippen LogP contribution >= 0.6 is 11.6 Å². The van der Waals surface area contributed by atoms with Crippen molar-refractivity contribution in [2.75, 3.05) is 7.11 Å². The third-order valence-corrected chi connectivity index (χ3v) is 2.67. The van der Waals surface area contributed by atoms with Gasteiger partial charge in [0, 0.05) is 10.6 Å². The van der Waals surface area contributed by atoms with Gasteiger partial charge in [0.15, 0.2) is 6.04 Å². The van der Waals surface area contributed by atoms with Crippen LogP contribution in [0, 0.1) is 0 Å². The van der Waals surface area contributed by atoms with Gasteiger partial charge in [0.2, 0.25) is 5.82 Å². The van der Waals surface area contributed by atoms with E-state index in [1.54, 1.807) is 31.2 Å². The molecule has 0 aliphatic rings. The Kier molecular flexibility index (Phi) is 3.57. The predicted octanol–water partition coefficient (Wildman–Crippen LogP) is 1.73. The maximum absolute atomic E-state index is 11.3. The zero-order chi connectivity index (χ0) is 13.1. The van der Waals surface area contributed by atoms with Gasteiger partial charge in [0.05, 0.1) is 7.11 Å². The lowest BCUT2D eigenvalue weighted by Crippen LogP contribution is -2.20. The number of esters is 1. The number of hydrogen-bond acceptors (Lipinski definition) is 5. The molecule has 94 valence electrons. The first-order valence-corrected chi connectivity index (χ1v) is 5.63. The lowest BCUT2D eigenvalue weighted by Gasteiger charge is -2.05. The van der Waals surface area contributed by atoms with Gasteiger partial charge >= 0.3 is 5.97 Å². The number of rotatable bonds is 3. The second-order valence-electron chi connectivity index (χ2n) is 3.64. The first-order chi connectivity index (χ1) is 8.61. The summed E-state index contributed by atoms with van der Waals surface area (Å²) in [4.78, 5) is 12.6. The highest BCUT2D eigenvalue weighted by molar-refractivity contribution is 6.30. The highest BCUT2D eigenvalue weighted by Crippen LogP contribution is 2.17. The van der Waals surface area contributed by atoms with Crippen molar-refractivity contribution >= 4 is 17.6 Å². The van der Waals surface area contributed by atoms with Crippen LogP contribution in [0.25, 0.3) is 11.4 Å². The molecule has 0 radical (unpaired) electrons. The van der Waals surface area contributed by atoms with E-state index in [9.17, 15) is 4.79 Å². The summed E-state index contributed by atoms with van der Waals surface area (Å²) in [5, 5.41) is 12.5. The standard InChI is InChI=1S/C11H11ClN4O2/c1-7(11(17)18-2)16-14-10(13-15-16)8-3-5-9(12)6-4-8/h3-7H,1-2H3/t7-/m0/s1. The molecule has 0 amide bonds. The lowest BCUT2D eigenvalue weighted by molar-refractivity contribution is -0.144. The number of halogens is 1. The molecule has 6 nitrogen and oxygen atoms in total. The van der Waals surface area contributed by atoms with E-state index in [-0.39, 0.29) is 0 Å². The van der Waals surface area contributed by atoms with Crippen LogP contribution in [0.2, 0.25) is 5.02 Å². The van der Waals surface area contributed by atoms with Crippen molar-refractivity contribution in [2.24, 2.45) is 0 Å². The number of methoxy groups -OCH3 is 1. The molecular weight excluding hydrogens is 256 g/mol. The molecular formula is C11H11ClN4O2. The van der Waals surface area contributed by atoms with Gasteiger partial charge in [0.25, 0.3) is 0 Å². The van der Waals surface area contributed by atoms with Crippen LogP contribution in [-0.4, -0.2) is 33.3 Å². The van der Waals surface area contributed by atoms with E-state index in [1.165, 1.54) is 11.9 Å². The van der Waals surface area contributed by atoms with Crippen molar-refractivity contribution < 1.29 is 9.53 Å². The third kappa shape index (κ3) is 2.48. The molecule has 1 heterocycles. The van der Waals surface area contributed by atoms with E-state index in [0.29, 0.717) is 10.8 Å². The minimum atomic E-state index is -0.608. The van der Waals surface area contributed by atoms with E-state index in [1.807, 2.05) is 0 Å². The molecule has 1 aromatic carbocycles. The van der Waals surface area contributed by atoms with Crippen molar-refractivity contribution in [1.82, 2.24) is 20.2 Å². The van der Waals surface area contributed by atoms with Gasteiger partial charge in [-0.05, 0) is 36.4 Å². The smallest absolute Gasteiger partial charge is 0.332 e. The largest absolute Gasteiger partial charge is 0.467 e. The SMILES string of the molecule is COC(=O)[C@H](C)n1nnc(-c2ccc(Cl)cc2)n1. The second-order valence-corrected chi connectivity index (χ2v) is 4.08. The number of aromatic nitrogens is 4. The molecule has 0 N–H and O–H groups in total. The fourth-order valence-electron chi connectivity index (χ4n) is 1.37. The molecule has 0 saturated heterocycles. The fourth-order valence-corrected chi connectivity index (χ4v) is 1.49. The maximum atomic E-state index is 11.3. The van der Waals surface area contributed by atoms with E-state index in [0.717, 1.165) is 5.56 Å². The third-order valence-electron chi connectivity index (χ3n) is 2.42. The van der Waals surface area contributed by atoms with Crippen LogP contribution in [0.5, 0.6) is 0 Å². The van der Waals surface area contributed by atoms with Gasteiger partial charge in [-0.2, -0.15) is 0 Å². The van der Waals surface area contributed by atoms with Crippen LogP contribution in [0.4, 0.5) is 0 Å². The molecule has 0 saturated carbocycles. The summed E-state index contributed by atoms with van der Waals surface area (Å²) in [6, 6.07) is 6.44. The summed E-state index contributed by atoms with van der Waals surface area (Å²) in [6.45, 7) is 1.64. The summed E-state index contributed by atoms with van der Waals surface area (Å²) in [5.74, 6) is 0.0116. The molecule has 7 heteroatoms. The fraction of sp³-hybridized carbons (Fsp3) is 0.273. The summed E-state index contributed by atoms with van der Waals surface area (Å²) < 4.78 is 4.61. The van der Waals surface area contributed by atoms with E-state index < -0.39 is 12.0 Å². The molecule has 0 bridgehead atoms. The Morgan fingerprint density at radius 2 is 2.06 bits per heavy atom. The molecule has 2 aromatic rings. The topological polar surface area (TPSA) is 69.9 Å². The van der Waals surface area contributed by atoms with Gasteiger partial charge in [0.1, 0.15) is 0 Å². The van der Waals surface area contributed by atoms with Crippen LogP contribution in [0.15, 0.2) is 24.3 Å². The Bertz CT molecular complexity index is 552. The van der Waals surface area contributed by atoms with Crippen molar-refractivity contribution in [3.8, 4) is 11.4 Å². The molecule has 18 heavy (non-hydrogen) atoms. The van der Waals surface area contributed by atoms with E-state index in [4.69, 9.17) is 11.6 Å². The number of nitrogens with zero attached hydrogens (tertiary/aromatic N) is 4. The van der Waals surface area contributed by atoms with Gasteiger partial charge in [-0.3, -0.25) is 0 Å². The monoisotopic (exact) mass is 266 g/mol. The van der Waals surface area contributed by atoms with Crippen LogP contribution < -0.4 is 0 Å². The summed E-state index contributed by atoms with van der Waals surface area (Å²) in [6.07, 6.45) is 0. The van der Waals surface area contributed by atoms with Crippen LogP contribution in [-0.2, 0) is 9.53 Å². The molecule has 1 aromatic heterocycles. The number of carbonyl (C=O) groups excluding carboxylic acids is 1. The molecule has 0 aliphatic carbocycles. The Balaban J connectivity index is 2.25. The van der Waals surface area contributed by atoms with Crippen molar-refractivity contribution in [3.05, 3.63) is 29.3 Å². The Hall–Kier alpha value is -1.95. The number of tetrazole rings is 1. The summed E-state index contributed by atoms with van der Waals surface area (Å²) in [7, 11) is 1.32. The maximum Gasteiger partial charge on any atom is 0.332 e. The van der Waals surface area contributed by atoms with Crippen molar-refractivity contribution in [2.45, 2.75) is 13.0 Å². The zero-order valence-corrected chi connectivity index (χ0v) is 10.6. The quantitative estimate of drug-likeness (QED) is 0.791. The van der Waals surface area contributed by atoms with Crippen molar-refractivity contribution in [3.63, 3.8) is 0 Å². The highest BCUT2D eigenvalue weighted by atomic mass is 35.5. The average molecular weight is 267 g/mol. The summed E-state index contributed by atoms with van der Waals surface area (Å²) >= 11 is 5.79. The molecule has 0 fully saturated rings. The van der Waals surface area contributed by atoms with Gasteiger partial charge in [-0.15, -0.1) is 15.0 Å². The first-order valence-electron chi connectivity index (χ1n) is 5.25. The van der Waals surface area contributed by atoms with Gasteiger partial charge in [-0.1, -0.05) is 11.6 Å². The number of carbonyl (C=O) groups is 1.